The molecule has 5 atom stereocenters. The number of nitrogens with zero attached hydrogens (tertiary/aromatic N) is 9. The van der Waals surface area contributed by atoms with E-state index in [1.807, 2.05) is 69.3 Å². The number of anilines is 1. The van der Waals surface area contributed by atoms with Crippen molar-refractivity contribution in [3.8, 4) is 33.3 Å². The lowest BCUT2D eigenvalue weighted by molar-refractivity contribution is -0.140. The molecule has 4 aliphatic rings. The van der Waals surface area contributed by atoms with Crippen molar-refractivity contribution in [2.75, 3.05) is 96.5 Å². The van der Waals surface area contributed by atoms with E-state index in [0.717, 1.165) is 78.3 Å². The van der Waals surface area contributed by atoms with Crippen molar-refractivity contribution in [2.24, 2.45) is 11.3 Å². The molecule has 3 amide bonds. The number of phenols is 1. The van der Waals surface area contributed by atoms with Gasteiger partial charge in [0.05, 0.1) is 39.8 Å². The number of amides is 3. The van der Waals surface area contributed by atoms with Crippen molar-refractivity contribution >= 4 is 68.2 Å². The summed E-state index contributed by atoms with van der Waals surface area (Å²) in [4.78, 5) is 68.1. The number of aromatic nitrogens is 3. The number of likely N-dealkylation sites (tertiary alicyclic amines) is 2. The second-order valence-corrected chi connectivity index (χ2v) is 24.9. The molecule has 10 rings (SSSR count). The van der Waals surface area contributed by atoms with Crippen molar-refractivity contribution in [3.63, 3.8) is 0 Å². The molecule has 6 heterocycles. The van der Waals surface area contributed by atoms with E-state index in [4.69, 9.17) is 21.3 Å². The van der Waals surface area contributed by atoms with Crippen LogP contribution in [-0.4, -0.2) is 183 Å². The highest BCUT2D eigenvalue weighted by molar-refractivity contribution is 7.13. The Morgan fingerprint density at radius 3 is 2.30 bits per heavy atom. The zero-order valence-corrected chi connectivity index (χ0v) is 49.3. The normalized spacial score (nSPS) is 19.7. The summed E-state index contributed by atoms with van der Waals surface area (Å²) in [5, 5.41) is 30.2. The van der Waals surface area contributed by atoms with Crippen molar-refractivity contribution in [1.82, 2.24) is 50.1 Å². The third kappa shape index (κ3) is 12.9. The number of nitrogens with one attached hydrogen (secondary N) is 2. The number of β-amino-alcohol motifs (C(OH)–C–C–N with tert-alkyl or cyclic N) is 1. The van der Waals surface area contributed by atoms with Gasteiger partial charge in [-0.1, -0.05) is 94.1 Å². The molecule has 4 aliphatic heterocycles. The largest absolute Gasteiger partial charge is 0.508 e. The number of hydrogen-bond acceptors (Lipinski definition) is 15. The molecule has 6 aromatic rings. The lowest BCUT2D eigenvalue weighted by atomic mass is 9.85. The van der Waals surface area contributed by atoms with Gasteiger partial charge in [-0.15, -0.1) is 11.3 Å². The van der Waals surface area contributed by atoms with Gasteiger partial charge >= 0.3 is 6.01 Å². The van der Waals surface area contributed by atoms with E-state index in [-0.39, 0.29) is 70.8 Å². The maximum Gasteiger partial charge on any atom is 0.319 e. The SMILES string of the molecule is C=CC(=O)N1CCN(c2nc(O[C@H](C)CN3CC(CN4CCN(CC(=O)N[C@H](C(=O)N5C[C@H](O)C[C@H]5C(=C)N[C@@H](C)c5ccc(-c6scnc6C)cc5)C(C)(C)C)CC4)C3)nc3c(F)c(-c4cc(O)cc5ccccc45)c(Cl)cc23)CC1. The van der Waals surface area contributed by atoms with Crippen LogP contribution in [0.25, 0.3) is 43.2 Å². The summed E-state index contributed by atoms with van der Waals surface area (Å²) in [6.07, 6.45) is 0.593. The predicted molar refractivity (Wildman–Crippen MR) is 321 cm³/mol. The number of phenolic OH excluding ortho intramolecular Hbond substituents is 1. The second-order valence-electron chi connectivity index (χ2n) is 23.6. The molecule has 4 aromatic carbocycles. The van der Waals surface area contributed by atoms with Gasteiger partial charge in [0.25, 0.3) is 0 Å². The third-order valence-corrected chi connectivity index (χ3v) is 17.7. The number of benzene rings is 4. The van der Waals surface area contributed by atoms with E-state index >= 15 is 4.39 Å². The highest BCUT2D eigenvalue weighted by Crippen LogP contribution is 2.43. The number of rotatable bonds is 18. The molecule has 17 nitrogen and oxygen atoms in total. The number of aryl methyl sites for hydroxylation is 1. The Labute approximate surface area is 488 Å². The number of halogens is 2. The van der Waals surface area contributed by atoms with Crippen LogP contribution in [0.2, 0.25) is 5.02 Å². The Bertz CT molecular complexity index is 3350. The van der Waals surface area contributed by atoms with E-state index < -0.39 is 29.4 Å². The fraction of sp³-hybridized carbons (Fsp3) is 0.452. The Morgan fingerprint density at radius 2 is 1.62 bits per heavy atom. The number of ether oxygens (including phenoxy) is 1. The molecule has 4 saturated heterocycles. The van der Waals surface area contributed by atoms with Gasteiger partial charge in [-0.05, 0) is 83.8 Å². The predicted octanol–water partition coefficient (Wildman–Crippen LogP) is 7.89. The molecule has 0 spiro atoms. The van der Waals surface area contributed by atoms with E-state index in [2.05, 4.69) is 79.6 Å². The monoisotopic (exact) mass is 1160 g/mol. The molecular formula is C62H75ClFN11O6S. The minimum Gasteiger partial charge on any atom is -0.508 e. The van der Waals surface area contributed by atoms with Gasteiger partial charge in [-0.3, -0.25) is 24.2 Å². The summed E-state index contributed by atoms with van der Waals surface area (Å²) < 4.78 is 23.6. The Hall–Kier alpha value is -6.74. The van der Waals surface area contributed by atoms with Gasteiger partial charge in [-0.2, -0.15) is 9.97 Å². The van der Waals surface area contributed by atoms with Gasteiger partial charge in [0.15, 0.2) is 5.82 Å². The summed E-state index contributed by atoms with van der Waals surface area (Å²) in [6.45, 7) is 28.3. The topological polar surface area (TPSA) is 183 Å². The number of aliphatic hydroxyl groups excluding tert-OH is 1. The standard InChI is InChI=1S/C62H75ClFN11O6S/c1-9-53(79)73-22-24-74(25-23-73)59-49-29-50(63)54(48-27-45(76)26-44-12-10-11-13-47(44)48)55(64)56(49)68-61(69-59)81-37(2)30-72-32-41(33-72)31-70-18-20-71(21-19-70)35-52(78)67-58(62(6,7)8)60(80)75-34-46(77)28-51(75)39(4)66-38(3)42-14-16-43(17-15-42)57-40(5)65-36-82-57/h9-17,26-27,29,36-38,41,46,51,58,66,76-77H,1,4,18-25,28,30-35H2,2-3,5-8H3,(H,67,78)/t37-,38+,46-,51+,58-/m1/s1. The first-order chi connectivity index (χ1) is 39.2. The number of aromatic hydroxyl groups is 1. The summed E-state index contributed by atoms with van der Waals surface area (Å²) in [5.41, 5.74) is 5.65. The first-order valence-corrected chi connectivity index (χ1v) is 29.6. The van der Waals surface area contributed by atoms with E-state index in [0.29, 0.717) is 67.5 Å². The van der Waals surface area contributed by atoms with E-state index in [9.17, 15) is 24.6 Å². The first kappa shape index (κ1) is 58.5. The van der Waals surface area contributed by atoms with Gasteiger partial charge in [0.2, 0.25) is 17.7 Å². The average Bonchev–Trinajstić information content (AvgIpc) is 3.66. The fourth-order valence-corrected chi connectivity index (χ4v) is 13.2. The number of hydrogen-bond donors (Lipinski definition) is 4. The van der Waals surface area contributed by atoms with Crippen LogP contribution in [0.15, 0.2) is 97.2 Å². The molecule has 0 saturated carbocycles. The van der Waals surface area contributed by atoms with Gasteiger partial charge in [0, 0.05) is 114 Å². The van der Waals surface area contributed by atoms with Gasteiger partial charge in [0.1, 0.15) is 29.2 Å². The second kappa shape index (κ2) is 24.6. The number of carbonyl (C=O) groups is 3. The average molecular weight is 1160 g/mol. The zero-order valence-electron chi connectivity index (χ0n) is 47.7. The van der Waals surface area contributed by atoms with Crippen molar-refractivity contribution < 1.29 is 33.7 Å². The van der Waals surface area contributed by atoms with Crippen LogP contribution in [0.1, 0.15) is 58.3 Å². The fourth-order valence-electron chi connectivity index (χ4n) is 12.1. The van der Waals surface area contributed by atoms with Crippen molar-refractivity contribution in [3.05, 3.63) is 119 Å². The minimum absolute atomic E-state index is 0.0222. The molecular weight excluding hydrogens is 1080 g/mol. The van der Waals surface area contributed by atoms with Crippen LogP contribution in [0.4, 0.5) is 10.2 Å². The van der Waals surface area contributed by atoms with Crippen molar-refractivity contribution in [2.45, 2.75) is 78.3 Å². The molecule has 0 aliphatic carbocycles. The highest BCUT2D eigenvalue weighted by Gasteiger charge is 2.43. The van der Waals surface area contributed by atoms with Crippen LogP contribution in [0.5, 0.6) is 11.8 Å². The van der Waals surface area contributed by atoms with Crippen LogP contribution >= 0.6 is 22.9 Å². The summed E-state index contributed by atoms with van der Waals surface area (Å²) in [7, 11) is 0. The quantitative estimate of drug-likeness (QED) is 0.0610. The smallest absolute Gasteiger partial charge is 0.319 e. The molecule has 4 fully saturated rings. The molecule has 20 heteroatoms. The summed E-state index contributed by atoms with van der Waals surface area (Å²) in [5.74, 6) is -0.378. The first-order valence-electron chi connectivity index (χ1n) is 28.4. The summed E-state index contributed by atoms with van der Waals surface area (Å²) in [6, 6.07) is 19.2. The number of aliphatic hydroxyl groups is 1. The Kier molecular flexibility index (Phi) is 17.5. The minimum atomic E-state index is -0.814. The highest BCUT2D eigenvalue weighted by atomic mass is 35.5. The number of thiazole rings is 1. The van der Waals surface area contributed by atoms with Gasteiger partial charge in [-0.25, -0.2) is 9.37 Å². The molecule has 434 valence electrons. The molecule has 0 radical (unpaired) electrons. The van der Waals surface area contributed by atoms with Crippen molar-refractivity contribution in [1.29, 1.82) is 0 Å². The molecule has 0 bridgehead atoms. The summed E-state index contributed by atoms with van der Waals surface area (Å²) >= 11 is 8.57. The zero-order chi connectivity index (χ0) is 58.1. The Balaban J connectivity index is 0.713. The van der Waals surface area contributed by atoms with E-state index in [1.54, 1.807) is 33.3 Å². The third-order valence-electron chi connectivity index (χ3n) is 16.4. The van der Waals surface area contributed by atoms with Crippen LogP contribution < -0.4 is 20.3 Å². The lowest BCUT2D eigenvalue weighted by Crippen LogP contribution is -2.59. The van der Waals surface area contributed by atoms with Crippen LogP contribution in [0, 0.1) is 24.1 Å². The van der Waals surface area contributed by atoms with Crippen LogP contribution in [-0.2, 0) is 14.4 Å². The molecule has 82 heavy (non-hydrogen) atoms. The number of fused-ring (bicyclic) bond motifs is 2. The number of piperazine rings is 2. The Morgan fingerprint density at radius 1 is 0.915 bits per heavy atom. The number of carbonyl (C=O) groups excluding carboxylic acids is 3. The molecule has 0 unspecified atom stereocenters. The lowest BCUT2D eigenvalue weighted by Gasteiger charge is -2.44. The van der Waals surface area contributed by atoms with Gasteiger partial charge < -0.3 is 45.2 Å². The maximum absolute atomic E-state index is 17.2. The maximum atomic E-state index is 17.2. The van der Waals surface area contributed by atoms with Crippen LogP contribution in [0.3, 0.4) is 0 Å². The molecule has 4 N–H and O–H groups in total. The molecule has 2 aromatic heterocycles. The van der Waals surface area contributed by atoms with E-state index in [1.165, 1.54) is 12.1 Å².